The molecule has 0 radical (unpaired) electrons. The van der Waals surface area contributed by atoms with Crippen LogP contribution in [0.25, 0.3) is 0 Å². The molecule has 0 nitrogen and oxygen atoms in total. The van der Waals surface area contributed by atoms with Gasteiger partial charge in [0.1, 0.15) is 0 Å². The van der Waals surface area contributed by atoms with E-state index in [1.54, 1.807) is 0 Å². The molecule has 0 aliphatic carbocycles. The van der Waals surface area contributed by atoms with Crippen LogP contribution in [-0.4, -0.2) is 11.5 Å². The Morgan fingerprint density at radius 2 is 0.241 bits per heavy atom. The molecule has 0 saturated heterocycles. The summed E-state index contributed by atoms with van der Waals surface area (Å²) in [6.45, 7) is 4.61. The van der Waals surface area contributed by atoms with Crippen LogP contribution >= 0.6 is 21.6 Å². The van der Waals surface area contributed by atoms with Crippen molar-refractivity contribution in [1.29, 1.82) is 0 Å². The van der Waals surface area contributed by atoms with Gasteiger partial charge in [0, 0.05) is 11.5 Å². The van der Waals surface area contributed by atoms with Crippen LogP contribution in [-0.2, 0) is 0 Å². The molecule has 0 saturated carbocycles. The van der Waals surface area contributed by atoms with E-state index >= 15 is 0 Å². The summed E-state index contributed by atoms with van der Waals surface area (Å²) >= 11 is 0. The van der Waals surface area contributed by atoms with Crippen molar-refractivity contribution < 1.29 is 0 Å². The standard InChI is InChI=1S/C81H160S2/c1-3-5-7-9-11-13-15-17-19-21-23-25-27-29-31-33-35-37-39-41-43-45-47-49-51-53-55-57-59-61-63-65-67-69-71-73-75-77-79-81-83-82-80-78-76-74-72-70-68-66-64-62-60-58-56-54-52-50-48-46-44-42-40-38-36-34-32-30-28-26-24-22-20-18-16-14-12-10-8-6-4-2/h18-21H,3-17,22-81H2,1-2H3/b20-18-,21-19-. The molecule has 83 heavy (non-hydrogen) atoms. The van der Waals surface area contributed by atoms with E-state index in [0.29, 0.717) is 0 Å². The van der Waals surface area contributed by atoms with Crippen molar-refractivity contribution in [2.24, 2.45) is 0 Å². The van der Waals surface area contributed by atoms with E-state index in [1.165, 1.54) is 480 Å². The Balaban J connectivity index is 3.10. The Kier molecular flexibility index (Phi) is 82.4. The lowest BCUT2D eigenvalue weighted by Crippen LogP contribution is -1.85. The summed E-state index contributed by atoms with van der Waals surface area (Å²) in [7, 11) is 4.32. The molecule has 0 bridgehead atoms. The van der Waals surface area contributed by atoms with Gasteiger partial charge < -0.3 is 0 Å². The zero-order valence-corrected chi connectivity index (χ0v) is 59.8. The van der Waals surface area contributed by atoms with Crippen molar-refractivity contribution in [2.45, 2.75) is 483 Å². The summed E-state index contributed by atoms with van der Waals surface area (Å²) < 4.78 is 0. The summed E-state index contributed by atoms with van der Waals surface area (Å²) in [5.74, 6) is 2.75. The molecule has 0 fully saturated rings. The van der Waals surface area contributed by atoms with Crippen LogP contribution in [0.15, 0.2) is 24.3 Å². The molecule has 0 aromatic rings. The average Bonchev–Trinajstić information content (AvgIpc) is 3.49. The highest BCUT2D eigenvalue weighted by Gasteiger charge is 2.01. The largest absolute Gasteiger partial charge is 0.0942 e. The smallest absolute Gasteiger partial charge is 0.00369 e. The molecule has 0 atom stereocenters. The van der Waals surface area contributed by atoms with Crippen LogP contribution in [0.4, 0.5) is 0 Å². The van der Waals surface area contributed by atoms with E-state index in [2.05, 4.69) is 59.7 Å². The molecule has 0 unspecified atom stereocenters. The van der Waals surface area contributed by atoms with Crippen LogP contribution in [0.5, 0.6) is 0 Å². The number of hydrogen-bond acceptors (Lipinski definition) is 2. The second-order valence-corrected chi connectivity index (χ2v) is 30.1. The first-order valence-corrected chi connectivity index (χ1v) is 42.4. The summed E-state index contributed by atoms with van der Waals surface area (Å²) in [5, 5.41) is 0. The fraction of sp³-hybridized carbons (Fsp3) is 0.951. The van der Waals surface area contributed by atoms with Crippen LogP contribution in [0.3, 0.4) is 0 Å². The predicted molar refractivity (Wildman–Crippen MR) is 392 cm³/mol. The van der Waals surface area contributed by atoms with Crippen molar-refractivity contribution in [1.82, 2.24) is 0 Å². The highest BCUT2D eigenvalue weighted by Crippen LogP contribution is 2.26. The van der Waals surface area contributed by atoms with Gasteiger partial charge in [0.15, 0.2) is 0 Å². The summed E-state index contributed by atoms with van der Waals surface area (Å²) in [5.41, 5.74) is 0. The second-order valence-electron chi connectivity index (χ2n) is 27.4. The van der Waals surface area contributed by atoms with Gasteiger partial charge in [0.2, 0.25) is 0 Å². The van der Waals surface area contributed by atoms with Gasteiger partial charge in [-0.25, -0.2) is 0 Å². The van der Waals surface area contributed by atoms with E-state index < -0.39 is 0 Å². The van der Waals surface area contributed by atoms with Gasteiger partial charge in [-0.1, -0.05) is 464 Å². The molecule has 0 aromatic heterocycles. The highest BCUT2D eigenvalue weighted by molar-refractivity contribution is 8.76. The maximum Gasteiger partial charge on any atom is 0.00369 e. The summed E-state index contributed by atoms with van der Waals surface area (Å²) in [6.07, 6.45) is 116. The molecule has 2 heteroatoms. The Morgan fingerprint density at radius 1 is 0.133 bits per heavy atom. The Morgan fingerprint density at radius 3 is 0.373 bits per heavy atom. The van der Waals surface area contributed by atoms with Gasteiger partial charge in [-0.3, -0.25) is 0 Å². The molecule has 0 aromatic carbocycles. The van der Waals surface area contributed by atoms with Crippen molar-refractivity contribution >= 4 is 21.6 Å². The molecule has 0 amide bonds. The highest BCUT2D eigenvalue weighted by atomic mass is 33.1. The minimum Gasteiger partial charge on any atom is -0.0942 e. The SMILES string of the molecule is CCCCCCCC/C=C\CCCCCCCCCCCCCCCCCCCCCCCCCCCCCCSSCCCCCCCCCCCCCCCCCCCCCCCCCCCCCC/C=C\CCCCCCCCC. The first kappa shape index (κ1) is 83.2. The number of unbranched alkanes of at least 4 members (excludes halogenated alkanes) is 69. The van der Waals surface area contributed by atoms with Crippen molar-refractivity contribution in [3.8, 4) is 0 Å². The fourth-order valence-corrected chi connectivity index (χ4v) is 15.2. The van der Waals surface area contributed by atoms with E-state index in [9.17, 15) is 0 Å². The van der Waals surface area contributed by atoms with Crippen molar-refractivity contribution in [3.63, 3.8) is 0 Å². The fourth-order valence-electron chi connectivity index (χ4n) is 12.9. The Labute approximate surface area is 536 Å². The first-order valence-electron chi connectivity index (χ1n) is 40.0. The van der Waals surface area contributed by atoms with E-state index in [1.807, 2.05) is 0 Å². The zero-order chi connectivity index (χ0) is 59.3. The summed E-state index contributed by atoms with van der Waals surface area (Å²) in [6, 6.07) is 0. The van der Waals surface area contributed by atoms with Gasteiger partial charge in [-0.2, -0.15) is 0 Å². The molecule has 0 aliphatic rings. The monoisotopic (exact) mass is 1200 g/mol. The predicted octanol–water partition coefficient (Wildman–Crippen LogP) is 32.0. The lowest BCUT2D eigenvalue weighted by atomic mass is 10.0. The van der Waals surface area contributed by atoms with Crippen LogP contribution in [0.1, 0.15) is 483 Å². The third-order valence-corrected chi connectivity index (χ3v) is 21.4. The normalized spacial score (nSPS) is 12.0. The third-order valence-electron chi connectivity index (χ3n) is 18.8. The Hall–Kier alpha value is 0.180. The molecule has 0 N–H and O–H groups in total. The van der Waals surface area contributed by atoms with Crippen LogP contribution in [0.2, 0.25) is 0 Å². The van der Waals surface area contributed by atoms with Gasteiger partial charge in [0.25, 0.3) is 0 Å². The minimum absolute atomic E-state index is 1.31. The van der Waals surface area contributed by atoms with Crippen LogP contribution in [0, 0.1) is 0 Å². The molecule has 0 spiro atoms. The third kappa shape index (κ3) is 82.2. The zero-order valence-electron chi connectivity index (χ0n) is 58.2. The van der Waals surface area contributed by atoms with Gasteiger partial charge in [-0.05, 0) is 64.2 Å². The number of hydrogen-bond donors (Lipinski definition) is 0. The molecule has 0 aliphatic heterocycles. The average molecular weight is 1200 g/mol. The molecule has 0 rings (SSSR count). The van der Waals surface area contributed by atoms with Gasteiger partial charge in [0.05, 0.1) is 0 Å². The lowest BCUT2D eigenvalue weighted by Gasteiger charge is -2.05. The number of rotatable bonds is 78. The van der Waals surface area contributed by atoms with E-state index in [0.717, 1.165) is 0 Å². The maximum absolute atomic E-state index is 2.46. The second kappa shape index (κ2) is 82.2. The van der Waals surface area contributed by atoms with E-state index in [-0.39, 0.29) is 0 Å². The maximum atomic E-state index is 2.46. The molecule has 496 valence electrons. The van der Waals surface area contributed by atoms with E-state index in [4.69, 9.17) is 0 Å². The van der Waals surface area contributed by atoms with Crippen LogP contribution < -0.4 is 0 Å². The quantitative estimate of drug-likeness (QED) is 0.0338. The topological polar surface area (TPSA) is 0 Å². The molecular formula is C81H160S2. The van der Waals surface area contributed by atoms with Crippen molar-refractivity contribution in [2.75, 3.05) is 11.5 Å². The summed E-state index contributed by atoms with van der Waals surface area (Å²) in [4.78, 5) is 0. The van der Waals surface area contributed by atoms with Crippen molar-refractivity contribution in [3.05, 3.63) is 24.3 Å². The van der Waals surface area contributed by atoms with Gasteiger partial charge >= 0.3 is 0 Å². The number of allylic oxidation sites excluding steroid dienone is 4. The molecular weight excluding hydrogens is 1040 g/mol. The molecule has 0 heterocycles. The lowest BCUT2D eigenvalue weighted by molar-refractivity contribution is 0.514. The first-order chi connectivity index (χ1) is 41.4. The minimum atomic E-state index is 1.31. The van der Waals surface area contributed by atoms with Gasteiger partial charge in [-0.15, -0.1) is 0 Å². The Bertz CT molecular complexity index is 1130.